The first kappa shape index (κ1) is 23.3. The highest BCUT2D eigenvalue weighted by atomic mass is 31.2. The minimum atomic E-state index is -3.26. The van der Waals surface area contributed by atoms with Gasteiger partial charge in [-0.1, -0.05) is 40.5 Å². The van der Waals surface area contributed by atoms with Gasteiger partial charge in [-0.3, -0.25) is 9.56 Å². The molecule has 0 aromatic rings. The summed E-state index contributed by atoms with van der Waals surface area (Å²) in [6.45, 7) is 20.7. The monoisotopic (exact) mass is 379 g/mol. The van der Waals surface area contributed by atoms with Gasteiger partial charge in [-0.2, -0.15) is 0 Å². The number of aliphatic imine (C=N–C) groups is 1. The standard InChI is InChI=1S/C16H38NO3PSi2/c1-11-12-13-15(17-14-16(2,3)4)21(18,19-22(5,6)7)20-23(8,9)10/h14-15H,11-13H2,1-10H3/b17-14+. The molecule has 0 radical (unpaired) electrons. The Kier molecular flexibility index (Phi) is 8.66. The van der Waals surface area contributed by atoms with Crippen LogP contribution in [0, 0.1) is 5.41 Å². The second kappa shape index (κ2) is 8.57. The van der Waals surface area contributed by atoms with E-state index in [0.717, 1.165) is 19.3 Å². The molecule has 0 aliphatic carbocycles. The Balaban J connectivity index is 5.69. The fraction of sp³-hybridized carbons (Fsp3) is 0.938. The van der Waals surface area contributed by atoms with Gasteiger partial charge in [0, 0.05) is 6.21 Å². The highest BCUT2D eigenvalue weighted by molar-refractivity contribution is 7.57. The number of rotatable bonds is 9. The van der Waals surface area contributed by atoms with Crippen LogP contribution in [-0.2, 0) is 13.0 Å². The van der Waals surface area contributed by atoms with Crippen LogP contribution in [0.1, 0.15) is 47.0 Å². The van der Waals surface area contributed by atoms with Gasteiger partial charge in [0.15, 0.2) is 16.6 Å². The number of hydrogen-bond acceptors (Lipinski definition) is 4. The van der Waals surface area contributed by atoms with Crippen LogP contribution in [0.5, 0.6) is 0 Å². The first-order valence-electron chi connectivity index (χ1n) is 8.63. The first-order chi connectivity index (χ1) is 10.1. The quantitative estimate of drug-likeness (QED) is 0.260. The summed E-state index contributed by atoms with van der Waals surface area (Å²) >= 11 is 0. The van der Waals surface area contributed by atoms with E-state index >= 15 is 0 Å². The normalized spacial score (nSPS) is 16.1. The van der Waals surface area contributed by atoms with Gasteiger partial charge in [-0.05, 0) is 51.1 Å². The topological polar surface area (TPSA) is 47.9 Å². The van der Waals surface area contributed by atoms with Gasteiger partial charge >= 0.3 is 7.60 Å². The lowest BCUT2D eigenvalue weighted by molar-refractivity contribution is 0.364. The maximum absolute atomic E-state index is 13.7. The molecule has 0 aliphatic rings. The minimum absolute atomic E-state index is 0.0480. The molecule has 0 saturated carbocycles. The zero-order valence-electron chi connectivity index (χ0n) is 16.9. The van der Waals surface area contributed by atoms with E-state index in [2.05, 4.69) is 72.0 Å². The van der Waals surface area contributed by atoms with Crippen molar-refractivity contribution in [2.24, 2.45) is 10.4 Å². The van der Waals surface area contributed by atoms with Crippen molar-refractivity contribution in [1.82, 2.24) is 0 Å². The molecule has 0 aliphatic heterocycles. The lowest BCUT2D eigenvalue weighted by Gasteiger charge is -2.34. The molecule has 0 bridgehead atoms. The highest BCUT2D eigenvalue weighted by Gasteiger charge is 2.42. The van der Waals surface area contributed by atoms with Gasteiger partial charge in [-0.25, -0.2) is 0 Å². The Hall–Kier alpha value is 0.254. The molecule has 0 saturated heterocycles. The van der Waals surface area contributed by atoms with Crippen molar-refractivity contribution in [2.75, 3.05) is 0 Å². The Morgan fingerprint density at radius 3 is 1.78 bits per heavy atom. The van der Waals surface area contributed by atoms with E-state index in [9.17, 15) is 4.57 Å². The van der Waals surface area contributed by atoms with Gasteiger partial charge in [0.25, 0.3) is 0 Å². The zero-order chi connectivity index (χ0) is 18.5. The molecule has 0 spiro atoms. The van der Waals surface area contributed by atoms with Crippen LogP contribution in [0.15, 0.2) is 4.99 Å². The summed E-state index contributed by atoms with van der Waals surface area (Å²) in [5.41, 5.74) is -0.0480. The second-order valence-electron chi connectivity index (χ2n) is 9.21. The smallest absolute Gasteiger partial charge is 0.335 e. The van der Waals surface area contributed by atoms with Crippen LogP contribution in [-0.4, -0.2) is 28.6 Å². The molecule has 0 N–H and O–H groups in total. The molecule has 4 nitrogen and oxygen atoms in total. The second-order valence-corrected chi connectivity index (χ2v) is 20.8. The van der Waals surface area contributed by atoms with Crippen LogP contribution < -0.4 is 0 Å². The van der Waals surface area contributed by atoms with E-state index in [-0.39, 0.29) is 11.2 Å². The summed E-state index contributed by atoms with van der Waals surface area (Å²) in [4.78, 5) is 4.68. The number of nitrogens with zero attached hydrogens (tertiary/aromatic N) is 1. The maximum Gasteiger partial charge on any atom is 0.335 e. The summed E-state index contributed by atoms with van der Waals surface area (Å²) in [6, 6.07) is 0. The zero-order valence-corrected chi connectivity index (χ0v) is 19.8. The summed E-state index contributed by atoms with van der Waals surface area (Å²) < 4.78 is 25.9. The molecule has 0 rings (SSSR count). The van der Waals surface area contributed by atoms with Crippen molar-refractivity contribution < 1.29 is 13.0 Å². The average Bonchev–Trinajstić information content (AvgIpc) is 2.21. The Morgan fingerprint density at radius 2 is 1.48 bits per heavy atom. The van der Waals surface area contributed by atoms with Crippen molar-refractivity contribution in [3.63, 3.8) is 0 Å². The van der Waals surface area contributed by atoms with E-state index in [1.54, 1.807) is 0 Å². The van der Waals surface area contributed by atoms with E-state index in [1.807, 2.05) is 6.21 Å². The molecular formula is C16H38NO3PSi2. The Morgan fingerprint density at radius 1 is 1.04 bits per heavy atom. The lowest BCUT2D eigenvalue weighted by Crippen LogP contribution is -2.33. The molecule has 1 unspecified atom stereocenters. The molecule has 0 fully saturated rings. The first-order valence-corrected chi connectivity index (χ1v) is 17.1. The fourth-order valence-electron chi connectivity index (χ4n) is 1.91. The molecule has 23 heavy (non-hydrogen) atoms. The molecule has 7 heteroatoms. The third-order valence-electron chi connectivity index (χ3n) is 2.62. The van der Waals surface area contributed by atoms with Crippen molar-refractivity contribution in [3.8, 4) is 0 Å². The molecule has 0 aromatic heterocycles. The van der Waals surface area contributed by atoms with E-state index < -0.39 is 24.2 Å². The lowest BCUT2D eigenvalue weighted by atomic mass is 9.99. The largest absolute Gasteiger partial charge is 0.350 e. The molecular weight excluding hydrogens is 341 g/mol. The third kappa shape index (κ3) is 11.4. The van der Waals surface area contributed by atoms with Crippen LogP contribution in [0.2, 0.25) is 39.3 Å². The van der Waals surface area contributed by atoms with E-state index in [0.29, 0.717) is 0 Å². The van der Waals surface area contributed by atoms with Crippen LogP contribution >= 0.6 is 7.60 Å². The SMILES string of the molecule is CCCCC(/N=C/C(C)(C)C)P(=O)(O[Si](C)(C)C)O[Si](C)(C)C. The number of unbranched alkanes of at least 4 members (excludes halogenated alkanes) is 1. The molecule has 0 heterocycles. The summed E-state index contributed by atoms with van der Waals surface area (Å²) in [5, 5.41) is 0. The van der Waals surface area contributed by atoms with E-state index in [4.69, 9.17) is 8.43 Å². The summed E-state index contributed by atoms with van der Waals surface area (Å²) in [7, 11) is -7.28. The molecule has 0 aromatic carbocycles. The maximum atomic E-state index is 13.7. The highest BCUT2D eigenvalue weighted by Crippen LogP contribution is 2.59. The van der Waals surface area contributed by atoms with Crippen molar-refractivity contribution in [1.29, 1.82) is 0 Å². The van der Waals surface area contributed by atoms with E-state index in [1.165, 1.54) is 0 Å². The number of hydrogen-bond donors (Lipinski definition) is 0. The predicted molar refractivity (Wildman–Crippen MR) is 108 cm³/mol. The van der Waals surface area contributed by atoms with Crippen molar-refractivity contribution in [3.05, 3.63) is 0 Å². The van der Waals surface area contributed by atoms with Crippen LogP contribution in [0.4, 0.5) is 0 Å². The fourth-order valence-corrected chi connectivity index (χ4v) is 10.2. The summed E-state index contributed by atoms with van der Waals surface area (Å²) in [5.74, 6) is -0.389. The Bertz CT molecular complexity index is 414. The molecule has 1 atom stereocenters. The van der Waals surface area contributed by atoms with Crippen molar-refractivity contribution in [2.45, 2.75) is 92.0 Å². The van der Waals surface area contributed by atoms with Gasteiger partial charge in [-0.15, -0.1) is 0 Å². The molecule has 138 valence electrons. The molecule has 0 amide bonds. The Labute approximate surface area is 146 Å². The van der Waals surface area contributed by atoms with Crippen LogP contribution in [0.25, 0.3) is 0 Å². The van der Waals surface area contributed by atoms with Gasteiger partial charge in [0.05, 0.1) is 0 Å². The predicted octanol–water partition coefficient (Wildman–Crippen LogP) is 6.52. The minimum Gasteiger partial charge on any atom is -0.350 e. The third-order valence-corrected chi connectivity index (χ3v) is 10.2. The van der Waals surface area contributed by atoms with Crippen molar-refractivity contribution >= 4 is 30.4 Å². The summed E-state index contributed by atoms with van der Waals surface area (Å²) in [6.07, 6.45) is 4.66. The van der Waals surface area contributed by atoms with Gasteiger partial charge in [0.2, 0.25) is 0 Å². The van der Waals surface area contributed by atoms with Gasteiger partial charge in [0.1, 0.15) is 5.78 Å². The average molecular weight is 380 g/mol. The van der Waals surface area contributed by atoms with Gasteiger partial charge < -0.3 is 8.43 Å². The van der Waals surface area contributed by atoms with Crippen LogP contribution in [0.3, 0.4) is 0 Å².